The van der Waals surface area contributed by atoms with Gasteiger partial charge in [-0.2, -0.15) is 0 Å². The van der Waals surface area contributed by atoms with Crippen LogP contribution in [0.25, 0.3) is 0 Å². The van der Waals surface area contributed by atoms with Crippen molar-refractivity contribution in [1.82, 2.24) is 10.6 Å². The number of carbonyl (C=O) groups is 1. The molecule has 0 aromatic rings. The maximum Gasteiger partial charge on any atom is 0.248 e. The van der Waals surface area contributed by atoms with Crippen LogP contribution >= 0.6 is 12.2 Å². The molecule has 1 amide bonds. The summed E-state index contributed by atoms with van der Waals surface area (Å²) in [5.41, 5.74) is 0. The van der Waals surface area contributed by atoms with Crippen LogP contribution in [0.2, 0.25) is 0 Å². The third kappa shape index (κ3) is 2.15. The predicted octanol–water partition coefficient (Wildman–Crippen LogP) is 0.405. The fourth-order valence-electron chi connectivity index (χ4n) is 1.10. The summed E-state index contributed by atoms with van der Waals surface area (Å²) in [6.07, 6.45) is 0.839. The van der Waals surface area contributed by atoms with E-state index in [2.05, 4.69) is 24.5 Å². The van der Waals surface area contributed by atoms with Gasteiger partial charge in [-0.25, -0.2) is 0 Å². The quantitative estimate of drug-likeness (QED) is 0.593. The van der Waals surface area contributed by atoms with Crippen molar-refractivity contribution in [3.8, 4) is 0 Å². The number of hydrogen-bond donors (Lipinski definition) is 2. The van der Waals surface area contributed by atoms with Crippen LogP contribution in [0, 0.1) is 5.92 Å². The minimum atomic E-state index is -0.109. The molecule has 0 bridgehead atoms. The Morgan fingerprint density at radius 2 is 2.27 bits per heavy atom. The van der Waals surface area contributed by atoms with Gasteiger partial charge in [0.05, 0.1) is 0 Å². The maximum atomic E-state index is 11.1. The van der Waals surface area contributed by atoms with Gasteiger partial charge in [0.15, 0.2) is 5.11 Å². The highest BCUT2D eigenvalue weighted by Gasteiger charge is 2.27. The third-order valence-corrected chi connectivity index (χ3v) is 1.79. The molecule has 0 aliphatic carbocycles. The van der Waals surface area contributed by atoms with Crippen LogP contribution in [0.5, 0.6) is 0 Å². The molecule has 1 heterocycles. The highest BCUT2D eigenvalue weighted by atomic mass is 32.1. The van der Waals surface area contributed by atoms with Gasteiger partial charge >= 0.3 is 0 Å². The molecular weight excluding hydrogens is 160 g/mol. The third-order valence-electron chi connectivity index (χ3n) is 1.57. The number of carbonyl (C=O) groups excluding carboxylic acids is 1. The second-order valence-electron chi connectivity index (χ2n) is 3.14. The van der Waals surface area contributed by atoms with Crippen molar-refractivity contribution < 1.29 is 4.79 Å². The number of hydrogen-bond acceptors (Lipinski definition) is 2. The molecule has 11 heavy (non-hydrogen) atoms. The van der Waals surface area contributed by atoms with E-state index < -0.39 is 0 Å². The molecule has 1 fully saturated rings. The summed E-state index contributed by atoms with van der Waals surface area (Å²) in [5.74, 6) is 0.517. The number of rotatable bonds is 2. The molecule has 1 aliphatic rings. The van der Waals surface area contributed by atoms with Gasteiger partial charge in [0.1, 0.15) is 6.04 Å². The van der Waals surface area contributed by atoms with E-state index in [1.54, 1.807) is 0 Å². The van der Waals surface area contributed by atoms with E-state index >= 15 is 0 Å². The van der Waals surface area contributed by atoms with Crippen LogP contribution in [0.15, 0.2) is 0 Å². The normalized spacial score (nSPS) is 23.7. The molecule has 0 spiro atoms. The molecule has 0 radical (unpaired) electrons. The Labute approximate surface area is 71.5 Å². The summed E-state index contributed by atoms with van der Waals surface area (Å²) in [4.78, 5) is 11.1. The van der Waals surface area contributed by atoms with Gasteiger partial charge in [-0.3, -0.25) is 4.79 Å². The summed E-state index contributed by atoms with van der Waals surface area (Å²) in [7, 11) is 0. The number of nitrogens with one attached hydrogen (secondary N) is 2. The van der Waals surface area contributed by atoms with Crippen molar-refractivity contribution in [3.63, 3.8) is 0 Å². The molecule has 0 saturated carbocycles. The first-order valence-corrected chi connectivity index (χ1v) is 4.12. The van der Waals surface area contributed by atoms with Gasteiger partial charge in [-0.1, -0.05) is 13.8 Å². The monoisotopic (exact) mass is 172 g/mol. The molecule has 1 saturated heterocycles. The van der Waals surface area contributed by atoms with E-state index in [-0.39, 0.29) is 11.9 Å². The molecule has 1 atom stereocenters. The number of thiocarbonyl (C=S) groups is 1. The van der Waals surface area contributed by atoms with Crippen molar-refractivity contribution in [2.24, 2.45) is 5.92 Å². The van der Waals surface area contributed by atoms with E-state index in [0.717, 1.165) is 6.42 Å². The number of amides is 1. The average Bonchev–Trinajstić information content (AvgIpc) is 2.09. The minimum Gasteiger partial charge on any atom is -0.351 e. The molecular formula is C7H12N2OS. The maximum absolute atomic E-state index is 11.1. The molecule has 1 aliphatic heterocycles. The largest absolute Gasteiger partial charge is 0.351 e. The van der Waals surface area contributed by atoms with Gasteiger partial charge in [-0.05, 0) is 24.6 Å². The van der Waals surface area contributed by atoms with Gasteiger partial charge < -0.3 is 10.6 Å². The topological polar surface area (TPSA) is 41.1 Å². The molecule has 4 heteroatoms. The Balaban J connectivity index is 2.47. The van der Waals surface area contributed by atoms with E-state index in [1.807, 2.05) is 0 Å². The van der Waals surface area contributed by atoms with Gasteiger partial charge in [0, 0.05) is 0 Å². The molecule has 0 unspecified atom stereocenters. The van der Waals surface area contributed by atoms with Gasteiger partial charge in [0.2, 0.25) is 5.91 Å². The van der Waals surface area contributed by atoms with Crippen LogP contribution in [0.3, 0.4) is 0 Å². The predicted molar refractivity (Wildman–Crippen MR) is 47.1 cm³/mol. The summed E-state index contributed by atoms with van der Waals surface area (Å²) in [6, 6.07) is -0.109. The smallest absolute Gasteiger partial charge is 0.248 e. The fourth-order valence-corrected chi connectivity index (χ4v) is 1.34. The second kappa shape index (κ2) is 3.17. The highest BCUT2D eigenvalue weighted by molar-refractivity contribution is 7.80. The van der Waals surface area contributed by atoms with Crippen LogP contribution in [-0.4, -0.2) is 17.1 Å². The Bertz CT molecular complexity index is 191. The van der Waals surface area contributed by atoms with Crippen LogP contribution in [0.4, 0.5) is 0 Å². The van der Waals surface area contributed by atoms with Gasteiger partial charge in [-0.15, -0.1) is 0 Å². The first-order valence-electron chi connectivity index (χ1n) is 3.71. The first kappa shape index (κ1) is 8.46. The SMILES string of the molecule is CC(C)C[C@@H]1NC(=S)NC1=O. The molecule has 3 nitrogen and oxygen atoms in total. The van der Waals surface area contributed by atoms with Crippen LogP contribution in [-0.2, 0) is 4.79 Å². The zero-order valence-corrected chi connectivity index (χ0v) is 7.49. The lowest BCUT2D eigenvalue weighted by atomic mass is 10.0. The Morgan fingerprint density at radius 3 is 2.64 bits per heavy atom. The second-order valence-corrected chi connectivity index (χ2v) is 3.55. The molecule has 0 aromatic carbocycles. The Hall–Kier alpha value is -0.640. The zero-order valence-electron chi connectivity index (χ0n) is 6.68. The molecule has 0 aromatic heterocycles. The first-order chi connectivity index (χ1) is 5.09. The van der Waals surface area contributed by atoms with E-state index in [4.69, 9.17) is 12.2 Å². The van der Waals surface area contributed by atoms with Crippen LogP contribution < -0.4 is 10.6 Å². The highest BCUT2D eigenvalue weighted by Crippen LogP contribution is 2.07. The van der Waals surface area contributed by atoms with Crippen molar-refractivity contribution in [2.75, 3.05) is 0 Å². The molecule has 2 N–H and O–H groups in total. The molecule has 1 rings (SSSR count). The lowest BCUT2D eigenvalue weighted by Gasteiger charge is -2.09. The van der Waals surface area contributed by atoms with E-state index in [9.17, 15) is 4.79 Å². The lowest BCUT2D eigenvalue weighted by Crippen LogP contribution is -2.30. The van der Waals surface area contributed by atoms with Crippen molar-refractivity contribution in [2.45, 2.75) is 26.3 Å². The summed E-state index contributed by atoms with van der Waals surface area (Å²) in [5, 5.41) is 5.92. The van der Waals surface area contributed by atoms with E-state index in [1.165, 1.54) is 0 Å². The summed E-state index contributed by atoms with van der Waals surface area (Å²) >= 11 is 4.78. The van der Waals surface area contributed by atoms with Crippen LogP contribution in [0.1, 0.15) is 20.3 Å². The van der Waals surface area contributed by atoms with Crippen molar-refractivity contribution >= 4 is 23.2 Å². The minimum absolute atomic E-state index is 0.00343. The van der Waals surface area contributed by atoms with Crippen molar-refractivity contribution in [1.29, 1.82) is 0 Å². The standard InChI is InChI=1S/C7H12N2OS/c1-4(2)3-5-6(10)9-7(11)8-5/h4-5H,3H2,1-2H3,(H2,8,9,10,11)/t5-/m0/s1. The van der Waals surface area contributed by atoms with Gasteiger partial charge in [0.25, 0.3) is 0 Å². The average molecular weight is 172 g/mol. The summed E-state index contributed by atoms with van der Waals surface area (Å²) in [6.45, 7) is 4.16. The fraction of sp³-hybridized carbons (Fsp3) is 0.714. The Morgan fingerprint density at radius 1 is 1.64 bits per heavy atom. The van der Waals surface area contributed by atoms with E-state index in [0.29, 0.717) is 11.0 Å². The summed E-state index contributed by atoms with van der Waals surface area (Å²) < 4.78 is 0. The zero-order chi connectivity index (χ0) is 8.43. The Kier molecular flexibility index (Phi) is 2.44. The van der Waals surface area contributed by atoms with Crippen molar-refractivity contribution in [3.05, 3.63) is 0 Å². The molecule has 62 valence electrons. The lowest BCUT2D eigenvalue weighted by molar-refractivity contribution is -0.120.